The van der Waals surface area contributed by atoms with Gasteiger partial charge in [-0.15, -0.1) is 0 Å². The number of nitrogens with zero attached hydrogens (tertiary/aromatic N) is 2. The number of anilines is 4. The molecule has 3 rings (SSSR count). The molecule has 0 aliphatic carbocycles. The van der Waals surface area contributed by atoms with Gasteiger partial charge in [0.25, 0.3) is 0 Å². The Hall–Kier alpha value is -3.19. The number of methoxy groups -OCH3 is 3. The molecule has 3 aromatic rings. The molecule has 0 radical (unpaired) electrons. The summed E-state index contributed by atoms with van der Waals surface area (Å²) in [7, 11) is 4.74. The molecule has 8 heteroatoms. The van der Waals surface area contributed by atoms with Crippen LogP contribution in [0.2, 0.25) is 5.02 Å². The molecule has 2 aromatic carbocycles. The Morgan fingerprint density at radius 3 is 2.04 bits per heavy atom. The fourth-order valence-corrected chi connectivity index (χ4v) is 2.71. The average Bonchev–Trinajstić information content (AvgIpc) is 2.69. The van der Waals surface area contributed by atoms with E-state index in [4.69, 9.17) is 25.8 Å². The third-order valence-electron chi connectivity index (χ3n) is 3.77. The topological polar surface area (TPSA) is 77.5 Å². The van der Waals surface area contributed by atoms with Crippen molar-refractivity contribution in [3.8, 4) is 17.2 Å². The van der Waals surface area contributed by atoms with E-state index in [2.05, 4.69) is 20.6 Å². The van der Waals surface area contributed by atoms with Crippen LogP contribution < -0.4 is 24.8 Å². The van der Waals surface area contributed by atoms with Crippen molar-refractivity contribution in [1.29, 1.82) is 0 Å². The monoisotopic (exact) mass is 386 g/mol. The quantitative estimate of drug-likeness (QED) is 0.612. The summed E-state index contributed by atoms with van der Waals surface area (Å²) in [6.45, 7) is 0. The highest BCUT2D eigenvalue weighted by Crippen LogP contribution is 2.37. The van der Waals surface area contributed by atoms with E-state index in [1.165, 1.54) is 6.33 Å². The third kappa shape index (κ3) is 4.32. The minimum atomic E-state index is 0.459. The summed E-state index contributed by atoms with van der Waals surface area (Å²) < 4.78 is 16.0. The van der Waals surface area contributed by atoms with Crippen LogP contribution in [0.3, 0.4) is 0 Å². The number of ether oxygens (including phenoxy) is 3. The van der Waals surface area contributed by atoms with Crippen molar-refractivity contribution in [3.63, 3.8) is 0 Å². The van der Waals surface area contributed by atoms with Crippen LogP contribution >= 0.6 is 11.6 Å². The molecular formula is C19H19ClN4O3. The SMILES string of the molecule is COc1cc(Nc2cc(Nc3ccccc3OC)ncn2)c(OC)cc1Cl. The van der Waals surface area contributed by atoms with Crippen LogP contribution in [0.15, 0.2) is 48.8 Å². The number of rotatable bonds is 7. The molecule has 0 saturated carbocycles. The zero-order valence-corrected chi connectivity index (χ0v) is 15.9. The summed E-state index contributed by atoms with van der Waals surface area (Å²) in [6, 6.07) is 12.8. The summed E-state index contributed by atoms with van der Waals surface area (Å²) >= 11 is 6.15. The van der Waals surface area contributed by atoms with Crippen molar-refractivity contribution in [2.45, 2.75) is 0 Å². The Kier molecular flexibility index (Phi) is 5.83. The van der Waals surface area contributed by atoms with Crippen molar-refractivity contribution in [2.24, 2.45) is 0 Å². The van der Waals surface area contributed by atoms with Crippen molar-refractivity contribution in [2.75, 3.05) is 32.0 Å². The van der Waals surface area contributed by atoms with E-state index in [1.807, 2.05) is 24.3 Å². The Bertz CT molecular complexity index is 937. The van der Waals surface area contributed by atoms with Gasteiger partial charge in [0.1, 0.15) is 35.2 Å². The maximum absolute atomic E-state index is 6.15. The molecule has 7 nitrogen and oxygen atoms in total. The highest BCUT2D eigenvalue weighted by Gasteiger charge is 2.11. The first kappa shape index (κ1) is 18.6. The van der Waals surface area contributed by atoms with E-state index in [0.717, 1.165) is 11.4 Å². The Labute approximate surface area is 162 Å². The van der Waals surface area contributed by atoms with Crippen LogP contribution in [0, 0.1) is 0 Å². The second kappa shape index (κ2) is 8.46. The second-order valence-electron chi connectivity index (χ2n) is 5.43. The molecule has 0 unspecified atom stereocenters. The zero-order valence-electron chi connectivity index (χ0n) is 15.1. The molecule has 0 aliphatic rings. The van der Waals surface area contributed by atoms with Gasteiger partial charge in [0, 0.05) is 18.2 Å². The number of aromatic nitrogens is 2. The first-order valence-electron chi connectivity index (χ1n) is 8.05. The molecule has 0 amide bonds. The van der Waals surface area contributed by atoms with Crippen molar-refractivity contribution in [1.82, 2.24) is 9.97 Å². The van der Waals surface area contributed by atoms with E-state index >= 15 is 0 Å². The Morgan fingerprint density at radius 2 is 1.37 bits per heavy atom. The number of benzene rings is 2. The Balaban J connectivity index is 1.86. The van der Waals surface area contributed by atoms with Gasteiger partial charge in [-0.3, -0.25) is 0 Å². The summed E-state index contributed by atoms with van der Waals surface area (Å²) in [5.41, 5.74) is 1.47. The summed E-state index contributed by atoms with van der Waals surface area (Å²) in [6.07, 6.45) is 1.46. The highest BCUT2D eigenvalue weighted by atomic mass is 35.5. The maximum Gasteiger partial charge on any atom is 0.144 e. The lowest BCUT2D eigenvalue weighted by atomic mass is 10.2. The lowest BCUT2D eigenvalue weighted by molar-refractivity contribution is 0.405. The molecule has 1 heterocycles. The van der Waals surface area contributed by atoms with Gasteiger partial charge in [-0.05, 0) is 12.1 Å². The van der Waals surface area contributed by atoms with Crippen LogP contribution in [-0.4, -0.2) is 31.3 Å². The van der Waals surface area contributed by atoms with Crippen LogP contribution in [0.25, 0.3) is 0 Å². The molecule has 2 N–H and O–H groups in total. The Morgan fingerprint density at radius 1 is 0.741 bits per heavy atom. The van der Waals surface area contributed by atoms with Crippen LogP contribution in [0.1, 0.15) is 0 Å². The molecule has 0 atom stereocenters. The van der Waals surface area contributed by atoms with Crippen molar-refractivity contribution < 1.29 is 14.2 Å². The van der Waals surface area contributed by atoms with Gasteiger partial charge in [-0.25, -0.2) is 9.97 Å². The van der Waals surface area contributed by atoms with E-state index in [-0.39, 0.29) is 0 Å². The van der Waals surface area contributed by atoms with Gasteiger partial charge in [0.15, 0.2) is 0 Å². The van der Waals surface area contributed by atoms with Gasteiger partial charge >= 0.3 is 0 Å². The fraction of sp³-hybridized carbons (Fsp3) is 0.158. The molecule has 27 heavy (non-hydrogen) atoms. The van der Waals surface area contributed by atoms with Gasteiger partial charge < -0.3 is 24.8 Å². The summed E-state index contributed by atoms with van der Waals surface area (Å²) in [4.78, 5) is 8.50. The molecule has 0 fully saturated rings. The van der Waals surface area contributed by atoms with Gasteiger partial charge in [-0.2, -0.15) is 0 Å². The third-order valence-corrected chi connectivity index (χ3v) is 4.07. The number of nitrogens with one attached hydrogen (secondary N) is 2. The molecule has 0 aliphatic heterocycles. The normalized spacial score (nSPS) is 10.2. The molecular weight excluding hydrogens is 368 g/mol. The lowest BCUT2D eigenvalue weighted by Gasteiger charge is -2.14. The largest absolute Gasteiger partial charge is 0.495 e. The van der Waals surface area contributed by atoms with E-state index in [0.29, 0.717) is 33.8 Å². The van der Waals surface area contributed by atoms with Crippen LogP contribution in [0.5, 0.6) is 17.2 Å². The maximum atomic E-state index is 6.15. The molecule has 140 valence electrons. The lowest BCUT2D eigenvalue weighted by Crippen LogP contribution is -2.01. The fourth-order valence-electron chi connectivity index (χ4n) is 2.48. The van der Waals surface area contributed by atoms with Crippen molar-refractivity contribution in [3.05, 3.63) is 53.8 Å². The van der Waals surface area contributed by atoms with E-state index in [9.17, 15) is 0 Å². The standard InChI is InChI=1S/C19H19ClN4O3/c1-25-15-7-5-4-6-13(15)23-18-10-19(22-11-21-18)24-14-9-16(26-2)12(20)8-17(14)27-3/h4-11H,1-3H3,(H2,21,22,23,24). The van der Waals surface area contributed by atoms with Gasteiger partial charge in [0.2, 0.25) is 0 Å². The first-order chi connectivity index (χ1) is 13.1. The smallest absolute Gasteiger partial charge is 0.144 e. The summed E-state index contributed by atoms with van der Waals surface area (Å²) in [5, 5.41) is 6.87. The van der Waals surface area contributed by atoms with E-state index in [1.54, 1.807) is 39.5 Å². The minimum Gasteiger partial charge on any atom is -0.495 e. The molecule has 0 bridgehead atoms. The number of hydrogen-bond acceptors (Lipinski definition) is 7. The first-order valence-corrected chi connectivity index (χ1v) is 8.43. The van der Waals surface area contributed by atoms with Gasteiger partial charge in [-0.1, -0.05) is 23.7 Å². The van der Waals surface area contributed by atoms with Crippen LogP contribution in [-0.2, 0) is 0 Å². The molecule has 1 aromatic heterocycles. The highest BCUT2D eigenvalue weighted by molar-refractivity contribution is 6.32. The van der Waals surface area contributed by atoms with E-state index < -0.39 is 0 Å². The van der Waals surface area contributed by atoms with Crippen molar-refractivity contribution >= 4 is 34.6 Å². The minimum absolute atomic E-state index is 0.459. The molecule has 0 spiro atoms. The second-order valence-corrected chi connectivity index (χ2v) is 5.83. The van der Waals surface area contributed by atoms with Gasteiger partial charge in [0.05, 0.1) is 37.7 Å². The summed E-state index contributed by atoms with van der Waals surface area (Å²) in [5.74, 6) is 3.00. The van der Waals surface area contributed by atoms with Crippen LogP contribution in [0.4, 0.5) is 23.0 Å². The predicted octanol–water partition coefficient (Wildman–Crippen LogP) is 4.64. The number of hydrogen-bond donors (Lipinski definition) is 2. The molecule has 0 saturated heterocycles. The number of halogens is 1. The zero-order chi connectivity index (χ0) is 19.2. The number of para-hydroxylation sites is 2. The predicted molar refractivity (Wildman–Crippen MR) is 106 cm³/mol. The average molecular weight is 387 g/mol.